The maximum Gasteiger partial charge on any atom is 0.0590 e. The maximum absolute atomic E-state index is 6.03. The number of rotatable bonds is 2. The van der Waals surface area contributed by atoms with Crippen LogP contribution in [0, 0.1) is 0 Å². The van der Waals surface area contributed by atoms with Crippen molar-refractivity contribution in [2.45, 2.75) is 26.3 Å². The van der Waals surface area contributed by atoms with E-state index in [1.807, 2.05) is 57.2 Å². The summed E-state index contributed by atoms with van der Waals surface area (Å²) in [6.45, 7) is 6.11. The fraction of sp³-hybridized carbons (Fsp3) is 0.308. The Kier molecular flexibility index (Phi) is 4.10. The summed E-state index contributed by atoms with van der Waals surface area (Å²) in [7, 11) is 0. The Balaban J connectivity index is 2.74. The summed E-state index contributed by atoms with van der Waals surface area (Å²) in [5, 5.41) is 0.649. The van der Waals surface area contributed by atoms with Crippen LogP contribution in [0.5, 0.6) is 0 Å². The summed E-state index contributed by atoms with van der Waals surface area (Å²) in [4.78, 5) is 4.33. The number of benzene rings is 1. The van der Waals surface area contributed by atoms with Gasteiger partial charge < -0.3 is 0 Å². The average Bonchev–Trinajstić information content (AvgIpc) is 2.15. The first-order valence-corrected chi connectivity index (χ1v) is 5.33. The van der Waals surface area contributed by atoms with E-state index in [1.54, 1.807) is 6.21 Å². The van der Waals surface area contributed by atoms with Crippen molar-refractivity contribution in [1.82, 2.24) is 0 Å². The molecule has 0 radical (unpaired) electrons. The summed E-state index contributed by atoms with van der Waals surface area (Å²) in [5.41, 5.74) is 1.01. The van der Waals surface area contributed by atoms with Crippen LogP contribution in [0.15, 0.2) is 40.4 Å². The van der Waals surface area contributed by atoms with Gasteiger partial charge in [0, 0.05) is 6.21 Å². The summed E-state index contributed by atoms with van der Waals surface area (Å²) in [5.74, 6) is 0. The van der Waals surface area contributed by atoms with Crippen LogP contribution in [-0.2, 0) is 0 Å². The molecule has 0 unspecified atom stereocenters. The lowest BCUT2D eigenvalue weighted by Gasteiger charge is -2.10. The Morgan fingerprint density at radius 2 is 1.80 bits per heavy atom. The Morgan fingerprint density at radius 3 is 2.33 bits per heavy atom. The first-order valence-electron chi connectivity index (χ1n) is 4.95. The van der Waals surface area contributed by atoms with E-state index in [0.29, 0.717) is 5.03 Å². The third kappa shape index (κ3) is 5.38. The molecule has 0 aliphatic heterocycles. The van der Waals surface area contributed by atoms with Gasteiger partial charge in [-0.2, -0.15) is 0 Å². The monoisotopic (exact) mass is 221 g/mol. The number of halogens is 1. The smallest absolute Gasteiger partial charge is 0.0590 e. The number of nitrogens with zero attached hydrogens (tertiary/aromatic N) is 1. The molecular weight excluding hydrogens is 206 g/mol. The van der Waals surface area contributed by atoms with Crippen molar-refractivity contribution < 1.29 is 0 Å². The third-order valence-electron chi connectivity index (χ3n) is 1.68. The van der Waals surface area contributed by atoms with E-state index >= 15 is 0 Å². The normalized spacial score (nSPS) is 13.5. The molecule has 0 N–H and O–H groups in total. The quantitative estimate of drug-likeness (QED) is 0.666. The fourth-order valence-corrected chi connectivity index (χ4v) is 1.18. The first-order chi connectivity index (χ1) is 6.97. The fourth-order valence-electron chi connectivity index (χ4n) is 1.00. The largest absolute Gasteiger partial charge is 0.286 e. The number of aliphatic imine (C=N–C) groups is 1. The van der Waals surface area contributed by atoms with Crippen LogP contribution in [0.3, 0.4) is 0 Å². The van der Waals surface area contributed by atoms with Crippen molar-refractivity contribution in [3.63, 3.8) is 0 Å². The lowest BCUT2D eigenvalue weighted by Crippen LogP contribution is -2.09. The van der Waals surface area contributed by atoms with Crippen LogP contribution < -0.4 is 0 Å². The molecular formula is C13H16ClN. The highest BCUT2D eigenvalue weighted by Gasteiger charge is 2.04. The van der Waals surface area contributed by atoms with Gasteiger partial charge in [-0.05, 0) is 32.4 Å². The van der Waals surface area contributed by atoms with Crippen molar-refractivity contribution >= 4 is 23.9 Å². The zero-order valence-electron chi connectivity index (χ0n) is 9.37. The number of hydrogen-bond donors (Lipinski definition) is 0. The predicted octanol–water partition coefficient (Wildman–Crippen LogP) is 4.14. The molecule has 0 spiro atoms. The van der Waals surface area contributed by atoms with Gasteiger partial charge in [0.25, 0.3) is 0 Å². The summed E-state index contributed by atoms with van der Waals surface area (Å²) >= 11 is 6.03. The molecule has 0 saturated heterocycles. The van der Waals surface area contributed by atoms with E-state index in [9.17, 15) is 0 Å². The van der Waals surface area contributed by atoms with Crippen LogP contribution in [-0.4, -0.2) is 11.8 Å². The van der Waals surface area contributed by atoms with Crippen LogP contribution in [0.25, 0.3) is 6.08 Å². The van der Waals surface area contributed by atoms with Crippen molar-refractivity contribution in [3.05, 3.63) is 40.9 Å². The zero-order valence-corrected chi connectivity index (χ0v) is 10.1. The second-order valence-electron chi connectivity index (χ2n) is 4.37. The lowest BCUT2D eigenvalue weighted by atomic mass is 10.1. The predicted molar refractivity (Wildman–Crippen MR) is 68.5 cm³/mol. The van der Waals surface area contributed by atoms with Crippen LogP contribution in [0.2, 0.25) is 0 Å². The minimum atomic E-state index is -0.0787. The van der Waals surface area contributed by atoms with Crippen LogP contribution in [0.4, 0.5) is 0 Å². The van der Waals surface area contributed by atoms with Crippen molar-refractivity contribution in [2.24, 2.45) is 4.99 Å². The van der Waals surface area contributed by atoms with Gasteiger partial charge in [-0.25, -0.2) is 0 Å². The minimum Gasteiger partial charge on any atom is -0.286 e. The molecule has 0 aromatic heterocycles. The molecule has 0 aliphatic rings. The number of allylic oxidation sites excluding steroid dienone is 1. The minimum absolute atomic E-state index is 0.0787. The second kappa shape index (κ2) is 5.13. The molecule has 0 heterocycles. The van der Waals surface area contributed by atoms with Gasteiger partial charge in [-0.15, -0.1) is 0 Å². The zero-order chi connectivity index (χ0) is 11.3. The lowest BCUT2D eigenvalue weighted by molar-refractivity contribution is 0.587. The van der Waals surface area contributed by atoms with E-state index in [0.717, 1.165) is 5.56 Å². The van der Waals surface area contributed by atoms with Crippen molar-refractivity contribution in [1.29, 1.82) is 0 Å². The summed E-state index contributed by atoms with van der Waals surface area (Å²) < 4.78 is 0. The maximum atomic E-state index is 6.03. The van der Waals surface area contributed by atoms with E-state index in [-0.39, 0.29) is 5.54 Å². The van der Waals surface area contributed by atoms with E-state index in [2.05, 4.69) is 4.99 Å². The molecule has 0 aliphatic carbocycles. The molecule has 0 fully saturated rings. The highest BCUT2D eigenvalue weighted by Crippen LogP contribution is 2.11. The summed E-state index contributed by atoms with van der Waals surface area (Å²) in [6, 6.07) is 9.96. The van der Waals surface area contributed by atoms with Crippen LogP contribution >= 0.6 is 11.6 Å². The highest BCUT2D eigenvalue weighted by molar-refractivity contribution is 6.41. The van der Waals surface area contributed by atoms with E-state index in [4.69, 9.17) is 11.6 Å². The van der Waals surface area contributed by atoms with E-state index < -0.39 is 0 Å². The molecule has 2 heteroatoms. The SMILES string of the molecule is CC(C)(C)N=C/C(Cl)=C/c1ccccc1. The molecule has 1 aromatic carbocycles. The van der Waals surface area contributed by atoms with Gasteiger partial charge in [0.05, 0.1) is 10.6 Å². The first kappa shape index (κ1) is 12.0. The van der Waals surface area contributed by atoms with Crippen molar-refractivity contribution in [3.8, 4) is 0 Å². The Morgan fingerprint density at radius 1 is 1.20 bits per heavy atom. The third-order valence-corrected chi connectivity index (χ3v) is 1.89. The molecule has 80 valence electrons. The highest BCUT2D eigenvalue weighted by atomic mass is 35.5. The van der Waals surface area contributed by atoms with Gasteiger partial charge in [-0.3, -0.25) is 4.99 Å². The van der Waals surface area contributed by atoms with Gasteiger partial charge in [-0.1, -0.05) is 41.9 Å². The molecule has 0 atom stereocenters. The molecule has 1 aromatic rings. The standard InChI is InChI=1S/C13H16ClN/c1-13(2,3)15-10-12(14)9-11-7-5-4-6-8-11/h4-10H,1-3H3/b12-9-,15-10?. The Labute approximate surface area is 96.5 Å². The topological polar surface area (TPSA) is 12.4 Å². The molecule has 1 nitrogen and oxygen atoms in total. The van der Waals surface area contributed by atoms with Crippen molar-refractivity contribution in [2.75, 3.05) is 0 Å². The Bertz CT molecular complexity index is 358. The van der Waals surface area contributed by atoms with E-state index in [1.165, 1.54) is 0 Å². The van der Waals surface area contributed by atoms with Crippen LogP contribution in [0.1, 0.15) is 26.3 Å². The second-order valence-corrected chi connectivity index (χ2v) is 4.81. The van der Waals surface area contributed by atoms with Gasteiger partial charge >= 0.3 is 0 Å². The summed E-state index contributed by atoms with van der Waals surface area (Å²) in [6.07, 6.45) is 3.60. The van der Waals surface area contributed by atoms with Gasteiger partial charge in [0.2, 0.25) is 0 Å². The number of hydrogen-bond acceptors (Lipinski definition) is 1. The molecule has 1 rings (SSSR count). The molecule has 0 saturated carbocycles. The Hall–Kier alpha value is -1.08. The molecule has 0 amide bonds. The van der Waals surface area contributed by atoms with Gasteiger partial charge in [0.1, 0.15) is 0 Å². The van der Waals surface area contributed by atoms with Gasteiger partial charge in [0.15, 0.2) is 0 Å². The average molecular weight is 222 g/mol. The molecule has 0 bridgehead atoms. The molecule has 15 heavy (non-hydrogen) atoms.